The fraction of sp³-hybridized carbons (Fsp3) is 0.647. The smallest absolute Gasteiger partial charge is 0.125 e. The van der Waals surface area contributed by atoms with Crippen LogP contribution in [0.3, 0.4) is 0 Å². The lowest BCUT2D eigenvalue weighted by molar-refractivity contribution is 0.127. The topological polar surface area (TPSA) is 35.2 Å². The van der Waals surface area contributed by atoms with E-state index in [-0.39, 0.29) is 6.04 Å². The number of hydrogen-bond acceptors (Lipinski definition) is 2. The molecule has 0 amide bonds. The maximum Gasteiger partial charge on any atom is 0.125 e. The highest BCUT2D eigenvalue weighted by atomic mass is 79.9. The zero-order valence-corrected chi connectivity index (χ0v) is 14.4. The minimum absolute atomic E-state index is 0.149. The molecule has 1 aromatic carbocycles. The summed E-state index contributed by atoms with van der Waals surface area (Å²) >= 11 is 3.58. The van der Waals surface area contributed by atoms with Crippen LogP contribution in [0.25, 0.3) is 0 Å². The van der Waals surface area contributed by atoms with Crippen LogP contribution in [0, 0.1) is 12.8 Å². The van der Waals surface area contributed by atoms with Crippen molar-refractivity contribution in [3.63, 3.8) is 0 Å². The van der Waals surface area contributed by atoms with E-state index in [0.29, 0.717) is 6.10 Å². The third-order valence-electron chi connectivity index (χ3n) is 4.03. The van der Waals surface area contributed by atoms with Crippen molar-refractivity contribution in [3.8, 4) is 5.75 Å². The number of aryl methyl sites for hydroxylation is 1. The van der Waals surface area contributed by atoms with Gasteiger partial charge in [-0.2, -0.15) is 0 Å². The summed E-state index contributed by atoms with van der Waals surface area (Å²) in [6.07, 6.45) is 6.20. The van der Waals surface area contributed by atoms with Crippen molar-refractivity contribution in [2.75, 3.05) is 0 Å². The molecule has 2 rings (SSSR count). The SMILES string of the molecule is Cc1cc(Br)cc(CC(C)N)c1OC1CCCC(C)C1. The van der Waals surface area contributed by atoms with Crippen LogP contribution < -0.4 is 10.5 Å². The van der Waals surface area contributed by atoms with E-state index < -0.39 is 0 Å². The zero-order chi connectivity index (χ0) is 14.7. The van der Waals surface area contributed by atoms with Crippen LogP contribution >= 0.6 is 15.9 Å². The van der Waals surface area contributed by atoms with Gasteiger partial charge < -0.3 is 10.5 Å². The van der Waals surface area contributed by atoms with E-state index in [1.165, 1.54) is 36.8 Å². The fourth-order valence-electron chi connectivity index (χ4n) is 3.12. The molecular weight excluding hydrogens is 314 g/mol. The highest BCUT2D eigenvalue weighted by Crippen LogP contribution is 2.33. The van der Waals surface area contributed by atoms with E-state index in [2.05, 4.69) is 41.9 Å². The van der Waals surface area contributed by atoms with Crippen molar-refractivity contribution in [3.05, 3.63) is 27.7 Å². The molecule has 1 aromatic rings. The normalized spacial score (nSPS) is 24.4. The van der Waals surface area contributed by atoms with Crippen molar-refractivity contribution in [2.45, 2.75) is 65.0 Å². The number of nitrogens with two attached hydrogens (primary N) is 1. The molecule has 2 N–H and O–H groups in total. The Balaban J connectivity index is 2.20. The van der Waals surface area contributed by atoms with Crippen molar-refractivity contribution in [1.29, 1.82) is 0 Å². The summed E-state index contributed by atoms with van der Waals surface area (Å²) in [6, 6.07) is 4.43. The minimum atomic E-state index is 0.149. The van der Waals surface area contributed by atoms with Gasteiger partial charge in [0, 0.05) is 10.5 Å². The van der Waals surface area contributed by atoms with Crippen LogP contribution in [0.1, 0.15) is 50.7 Å². The van der Waals surface area contributed by atoms with Gasteiger partial charge in [-0.25, -0.2) is 0 Å². The van der Waals surface area contributed by atoms with Crippen LogP contribution in [0.4, 0.5) is 0 Å². The Kier molecular flexibility index (Phi) is 5.50. The summed E-state index contributed by atoms with van der Waals surface area (Å²) in [7, 11) is 0. The first kappa shape index (κ1) is 15.8. The Bertz CT molecular complexity index is 459. The zero-order valence-electron chi connectivity index (χ0n) is 12.8. The fourth-order valence-corrected chi connectivity index (χ4v) is 3.74. The summed E-state index contributed by atoms with van der Waals surface area (Å²) in [5.74, 6) is 1.84. The molecule has 0 radical (unpaired) electrons. The van der Waals surface area contributed by atoms with E-state index in [9.17, 15) is 0 Å². The van der Waals surface area contributed by atoms with Gasteiger partial charge in [-0.15, -0.1) is 0 Å². The molecule has 0 saturated heterocycles. The highest BCUT2D eigenvalue weighted by Gasteiger charge is 2.22. The first-order valence-corrected chi connectivity index (χ1v) is 8.46. The number of ether oxygens (including phenoxy) is 1. The van der Waals surface area contributed by atoms with Crippen LogP contribution in [-0.2, 0) is 6.42 Å². The molecule has 112 valence electrons. The molecule has 1 aliphatic rings. The molecule has 3 unspecified atom stereocenters. The lowest BCUT2D eigenvalue weighted by atomic mass is 9.88. The van der Waals surface area contributed by atoms with Gasteiger partial charge in [0.25, 0.3) is 0 Å². The molecule has 2 nitrogen and oxygen atoms in total. The highest BCUT2D eigenvalue weighted by molar-refractivity contribution is 9.10. The van der Waals surface area contributed by atoms with Gasteiger partial charge in [-0.1, -0.05) is 29.3 Å². The predicted octanol–water partition coefficient (Wildman–Crippen LogP) is 4.60. The number of hydrogen-bond donors (Lipinski definition) is 1. The molecule has 0 heterocycles. The van der Waals surface area contributed by atoms with E-state index in [0.717, 1.165) is 22.6 Å². The number of halogens is 1. The molecule has 0 spiro atoms. The van der Waals surface area contributed by atoms with Crippen LogP contribution in [0.15, 0.2) is 16.6 Å². The second-order valence-electron chi connectivity index (χ2n) is 6.40. The summed E-state index contributed by atoms with van der Waals surface area (Å²) in [6.45, 7) is 6.49. The average Bonchev–Trinajstić information content (AvgIpc) is 2.33. The van der Waals surface area contributed by atoms with Crippen molar-refractivity contribution >= 4 is 15.9 Å². The third-order valence-corrected chi connectivity index (χ3v) is 4.49. The number of rotatable bonds is 4. The van der Waals surface area contributed by atoms with Gasteiger partial charge in [-0.3, -0.25) is 0 Å². The molecule has 1 saturated carbocycles. The molecule has 0 bridgehead atoms. The van der Waals surface area contributed by atoms with Crippen molar-refractivity contribution in [1.82, 2.24) is 0 Å². The Morgan fingerprint density at radius 2 is 2.15 bits per heavy atom. The second kappa shape index (κ2) is 6.95. The largest absolute Gasteiger partial charge is 0.490 e. The molecule has 1 fully saturated rings. The number of benzene rings is 1. The minimum Gasteiger partial charge on any atom is -0.490 e. The van der Waals surface area contributed by atoms with E-state index in [1.54, 1.807) is 0 Å². The first-order valence-electron chi connectivity index (χ1n) is 7.67. The van der Waals surface area contributed by atoms with Crippen LogP contribution in [0.5, 0.6) is 5.75 Å². The average molecular weight is 340 g/mol. The molecular formula is C17H26BrNO. The molecule has 0 aliphatic heterocycles. The Morgan fingerprint density at radius 1 is 1.40 bits per heavy atom. The lowest BCUT2D eigenvalue weighted by Gasteiger charge is -2.29. The van der Waals surface area contributed by atoms with Gasteiger partial charge >= 0.3 is 0 Å². The van der Waals surface area contributed by atoms with E-state index in [1.807, 2.05) is 6.92 Å². The summed E-state index contributed by atoms with van der Waals surface area (Å²) in [5.41, 5.74) is 8.41. The third kappa shape index (κ3) is 4.23. The second-order valence-corrected chi connectivity index (χ2v) is 7.32. The van der Waals surface area contributed by atoms with Crippen LogP contribution in [0.2, 0.25) is 0 Å². The summed E-state index contributed by atoms with van der Waals surface area (Å²) in [4.78, 5) is 0. The molecule has 1 aliphatic carbocycles. The molecule has 3 heteroatoms. The maximum absolute atomic E-state index is 6.37. The quantitative estimate of drug-likeness (QED) is 0.869. The summed E-state index contributed by atoms with van der Waals surface area (Å²) < 4.78 is 7.47. The van der Waals surface area contributed by atoms with Gasteiger partial charge in [0.2, 0.25) is 0 Å². The van der Waals surface area contributed by atoms with Gasteiger partial charge in [0.05, 0.1) is 6.10 Å². The summed E-state index contributed by atoms with van der Waals surface area (Å²) in [5, 5.41) is 0. The monoisotopic (exact) mass is 339 g/mol. The molecule has 0 aromatic heterocycles. The van der Waals surface area contributed by atoms with E-state index in [4.69, 9.17) is 10.5 Å². The van der Waals surface area contributed by atoms with Gasteiger partial charge in [0.1, 0.15) is 5.75 Å². The van der Waals surface area contributed by atoms with Crippen LogP contribution in [-0.4, -0.2) is 12.1 Å². The maximum atomic E-state index is 6.37. The van der Waals surface area contributed by atoms with Crippen molar-refractivity contribution in [2.24, 2.45) is 11.7 Å². The van der Waals surface area contributed by atoms with E-state index >= 15 is 0 Å². The molecule has 3 atom stereocenters. The predicted molar refractivity (Wildman–Crippen MR) is 88.3 cm³/mol. The Labute approximate surface area is 131 Å². The first-order chi connectivity index (χ1) is 9.45. The molecule has 20 heavy (non-hydrogen) atoms. The standard InChI is InChI=1S/C17H26BrNO/c1-11-5-4-6-16(7-11)20-17-12(2)8-15(18)10-14(17)9-13(3)19/h8,10-11,13,16H,4-7,9,19H2,1-3H3. The van der Waals surface area contributed by atoms with Crippen molar-refractivity contribution < 1.29 is 4.74 Å². The Hall–Kier alpha value is -0.540. The van der Waals surface area contributed by atoms with Gasteiger partial charge in [0.15, 0.2) is 0 Å². The Morgan fingerprint density at radius 3 is 2.80 bits per heavy atom. The lowest BCUT2D eigenvalue weighted by Crippen LogP contribution is -2.25. The van der Waals surface area contributed by atoms with Gasteiger partial charge in [-0.05, 0) is 68.7 Å².